The van der Waals surface area contributed by atoms with Crippen molar-refractivity contribution in [1.29, 1.82) is 0 Å². The zero-order valence-corrected chi connectivity index (χ0v) is 14.4. The molecule has 0 fully saturated rings. The monoisotopic (exact) mass is 311 g/mol. The molecule has 0 radical (unpaired) electrons. The van der Waals surface area contributed by atoms with Crippen LogP contribution in [-0.4, -0.2) is 33.7 Å². The van der Waals surface area contributed by atoms with Gasteiger partial charge in [-0.3, -0.25) is 0 Å². The molecule has 0 aromatic heterocycles. The maximum absolute atomic E-state index is 5.54. The highest BCUT2D eigenvalue weighted by atomic mass is 28.4. The molecule has 0 aromatic carbocycles. The fourth-order valence-electron chi connectivity index (χ4n) is 0.994. The third-order valence-electron chi connectivity index (χ3n) is 1.79. The third kappa shape index (κ3) is 9.78. The average Bonchev–Trinajstić information content (AvgIpc) is 2.36. The van der Waals surface area contributed by atoms with E-state index < -0.39 is 8.80 Å². The molecule has 2 N–H and O–H groups in total. The zero-order chi connectivity index (χ0) is 15.6. The molecule has 0 saturated carbocycles. The summed E-state index contributed by atoms with van der Waals surface area (Å²) >= 11 is 0. The van der Waals surface area contributed by atoms with Crippen LogP contribution >= 0.6 is 0 Å². The maximum Gasteiger partial charge on any atom is 0.584 e. The van der Waals surface area contributed by atoms with Gasteiger partial charge in [-0.1, -0.05) is 0 Å². The minimum absolute atomic E-state index is 0.134. The molecule has 0 atom stereocenters. The summed E-state index contributed by atoms with van der Waals surface area (Å²) in [4.78, 5) is 15.5. The van der Waals surface area contributed by atoms with Crippen molar-refractivity contribution in [2.45, 2.75) is 72.3 Å². The maximum atomic E-state index is 5.54. The molecular formula is C12H29NO6Si. The first-order chi connectivity index (χ1) is 9.31. The molecule has 0 unspecified atom stereocenters. The van der Waals surface area contributed by atoms with Gasteiger partial charge in [0.05, 0.1) is 18.3 Å². The smallest absolute Gasteiger partial charge is 0.330 e. The van der Waals surface area contributed by atoms with E-state index in [1.54, 1.807) is 0 Å². The van der Waals surface area contributed by atoms with E-state index in [2.05, 4.69) is 0 Å². The van der Waals surface area contributed by atoms with Crippen molar-refractivity contribution in [3.63, 3.8) is 0 Å². The summed E-state index contributed by atoms with van der Waals surface area (Å²) in [6.07, 6.45) is 0.247. The zero-order valence-electron chi connectivity index (χ0n) is 13.4. The second kappa shape index (κ2) is 10.6. The number of hydrogen-bond donors (Lipinski definition) is 1. The predicted molar refractivity (Wildman–Crippen MR) is 76.2 cm³/mol. The summed E-state index contributed by atoms with van der Waals surface area (Å²) < 4.78 is 16.1. The van der Waals surface area contributed by atoms with Crippen LogP contribution < -0.4 is 5.73 Å². The number of hydrogen-bond acceptors (Lipinski definition) is 7. The Morgan fingerprint density at radius 1 is 0.750 bits per heavy atom. The van der Waals surface area contributed by atoms with Gasteiger partial charge < -0.3 is 5.73 Å². The first-order valence-corrected chi connectivity index (χ1v) is 8.98. The van der Waals surface area contributed by atoms with Crippen molar-refractivity contribution in [2.24, 2.45) is 5.73 Å². The van der Waals surface area contributed by atoms with Crippen LogP contribution in [0.4, 0.5) is 0 Å². The second-order valence-electron chi connectivity index (χ2n) is 5.26. The summed E-state index contributed by atoms with van der Waals surface area (Å²) in [5.74, 6) is 0. The Morgan fingerprint density at radius 3 is 1.35 bits per heavy atom. The Labute approximate surface area is 122 Å². The molecule has 0 rings (SSSR count). The highest BCUT2D eigenvalue weighted by Gasteiger charge is 2.47. The van der Waals surface area contributed by atoms with E-state index in [-0.39, 0.29) is 18.3 Å². The molecule has 0 spiro atoms. The third-order valence-corrected chi connectivity index (χ3v) is 3.81. The number of rotatable bonds is 12. The lowest BCUT2D eigenvalue weighted by Crippen LogP contribution is -2.47. The van der Waals surface area contributed by atoms with Gasteiger partial charge >= 0.3 is 8.80 Å². The average molecular weight is 311 g/mol. The lowest BCUT2D eigenvalue weighted by molar-refractivity contribution is -0.382. The Bertz CT molecular complexity index is 209. The fraction of sp³-hybridized carbons (Fsp3) is 1.00. The van der Waals surface area contributed by atoms with Crippen LogP contribution in [0, 0.1) is 0 Å². The van der Waals surface area contributed by atoms with Gasteiger partial charge in [0.2, 0.25) is 0 Å². The molecule has 0 aliphatic rings. The normalized spacial score (nSPS) is 12.9. The molecular weight excluding hydrogens is 282 g/mol. The van der Waals surface area contributed by atoms with Crippen LogP contribution in [0.25, 0.3) is 0 Å². The van der Waals surface area contributed by atoms with E-state index in [1.165, 1.54) is 0 Å². The van der Waals surface area contributed by atoms with Crippen molar-refractivity contribution < 1.29 is 28.4 Å². The second-order valence-corrected chi connectivity index (χ2v) is 7.63. The van der Waals surface area contributed by atoms with Gasteiger partial charge in [0, 0.05) is 6.04 Å². The van der Waals surface area contributed by atoms with Crippen molar-refractivity contribution in [3.8, 4) is 0 Å². The molecule has 20 heavy (non-hydrogen) atoms. The Hall–Kier alpha value is -0.0631. The predicted octanol–water partition coefficient (Wildman–Crippen LogP) is 2.34. The van der Waals surface area contributed by atoms with Crippen LogP contribution in [0.2, 0.25) is 6.04 Å². The summed E-state index contributed by atoms with van der Waals surface area (Å²) in [5, 5.41) is 0. The summed E-state index contributed by atoms with van der Waals surface area (Å²) in [6, 6.07) is 0.440. The molecule has 0 bridgehead atoms. The molecule has 0 aliphatic carbocycles. The van der Waals surface area contributed by atoms with E-state index in [1.807, 2.05) is 41.5 Å². The topological polar surface area (TPSA) is 81.4 Å². The molecule has 0 aliphatic heterocycles. The van der Waals surface area contributed by atoms with Crippen molar-refractivity contribution in [3.05, 3.63) is 0 Å². The molecule has 0 amide bonds. The van der Waals surface area contributed by atoms with Gasteiger partial charge in [-0.15, -0.1) is 0 Å². The Kier molecular flexibility index (Phi) is 10.6. The molecule has 122 valence electrons. The van der Waals surface area contributed by atoms with Crippen molar-refractivity contribution in [1.82, 2.24) is 0 Å². The van der Waals surface area contributed by atoms with E-state index in [4.69, 9.17) is 34.1 Å². The molecule has 7 nitrogen and oxygen atoms in total. The minimum atomic E-state index is -3.25. The Morgan fingerprint density at radius 2 is 1.10 bits per heavy atom. The van der Waals surface area contributed by atoms with Gasteiger partial charge in [0.15, 0.2) is 0 Å². The first-order valence-electron chi connectivity index (χ1n) is 7.05. The fourth-order valence-corrected chi connectivity index (χ4v) is 2.98. The number of nitrogens with two attached hydrogens (primary N) is 1. The van der Waals surface area contributed by atoms with E-state index in [9.17, 15) is 0 Å². The molecule has 0 aromatic rings. The molecule has 0 heterocycles. The van der Waals surface area contributed by atoms with Crippen molar-refractivity contribution in [2.75, 3.05) is 6.54 Å². The first kappa shape index (κ1) is 19.9. The standard InChI is InChI=1S/C12H29NO6Si/c1-10(2)14-17-20(9-7-8-13,18-15-11(3)4)19-16-12(5)6/h10-12H,7-9,13H2,1-6H3. The summed E-state index contributed by atoms with van der Waals surface area (Å²) in [5.41, 5.74) is 5.54. The van der Waals surface area contributed by atoms with Gasteiger partial charge in [-0.25, -0.2) is 28.4 Å². The van der Waals surface area contributed by atoms with Crippen LogP contribution in [0.5, 0.6) is 0 Å². The molecule has 8 heteroatoms. The Balaban J connectivity index is 4.74. The van der Waals surface area contributed by atoms with Crippen LogP contribution in [-0.2, 0) is 28.4 Å². The van der Waals surface area contributed by atoms with E-state index in [0.29, 0.717) is 19.0 Å². The van der Waals surface area contributed by atoms with Gasteiger partial charge in [0.25, 0.3) is 0 Å². The van der Waals surface area contributed by atoms with Gasteiger partial charge in [0.1, 0.15) is 0 Å². The van der Waals surface area contributed by atoms with Gasteiger partial charge in [-0.05, 0) is 54.5 Å². The van der Waals surface area contributed by atoms with E-state index >= 15 is 0 Å². The van der Waals surface area contributed by atoms with Crippen LogP contribution in [0.3, 0.4) is 0 Å². The van der Waals surface area contributed by atoms with E-state index in [0.717, 1.165) is 0 Å². The minimum Gasteiger partial charge on any atom is -0.330 e. The summed E-state index contributed by atoms with van der Waals surface area (Å²) in [7, 11) is -3.25. The lowest BCUT2D eigenvalue weighted by atomic mass is 10.5. The lowest BCUT2D eigenvalue weighted by Gasteiger charge is -2.27. The largest absolute Gasteiger partial charge is 0.584 e. The quantitative estimate of drug-likeness (QED) is 0.336. The summed E-state index contributed by atoms with van der Waals surface area (Å²) in [6.45, 7) is 11.5. The highest BCUT2D eigenvalue weighted by Crippen LogP contribution is 2.21. The SMILES string of the molecule is CC(C)OO[Si](CCCN)(OOC(C)C)OOC(C)C. The molecule has 0 saturated heterocycles. The van der Waals surface area contributed by atoms with Crippen LogP contribution in [0.1, 0.15) is 48.0 Å². The van der Waals surface area contributed by atoms with Gasteiger partial charge in [-0.2, -0.15) is 0 Å². The van der Waals surface area contributed by atoms with Crippen molar-refractivity contribution >= 4 is 8.80 Å². The van der Waals surface area contributed by atoms with Crippen LogP contribution in [0.15, 0.2) is 0 Å². The highest BCUT2D eigenvalue weighted by molar-refractivity contribution is 6.59.